The van der Waals surface area contributed by atoms with E-state index in [0.29, 0.717) is 35.7 Å². The minimum atomic E-state index is -1.19. The van der Waals surface area contributed by atoms with Crippen molar-refractivity contribution in [3.63, 3.8) is 0 Å². The van der Waals surface area contributed by atoms with Gasteiger partial charge in [0.2, 0.25) is 0 Å². The first-order chi connectivity index (χ1) is 14.4. The van der Waals surface area contributed by atoms with Crippen molar-refractivity contribution in [3.05, 3.63) is 53.1 Å². The summed E-state index contributed by atoms with van der Waals surface area (Å²) in [6, 6.07) is 8.23. The molecule has 0 saturated carbocycles. The number of nitrogens with zero attached hydrogens (tertiary/aromatic N) is 1. The molecule has 1 aliphatic rings. The van der Waals surface area contributed by atoms with Crippen LogP contribution in [0.5, 0.6) is 23.0 Å². The number of carboxylic acid groups (broad SMARTS) is 1. The van der Waals surface area contributed by atoms with Gasteiger partial charge < -0.3 is 24.4 Å². The number of hydrogen-bond acceptors (Lipinski definition) is 6. The van der Waals surface area contributed by atoms with E-state index < -0.39 is 12.1 Å². The fraction of sp³-hybridized carbons (Fsp3) is 0.318. The van der Waals surface area contributed by atoms with Gasteiger partial charge in [0.15, 0.2) is 23.0 Å². The minimum Gasteiger partial charge on any atom is -0.504 e. The first-order valence-corrected chi connectivity index (χ1v) is 9.34. The molecule has 8 nitrogen and oxygen atoms in total. The summed E-state index contributed by atoms with van der Waals surface area (Å²) in [5.41, 5.74) is 3.20. The van der Waals surface area contributed by atoms with Crippen LogP contribution in [0.1, 0.15) is 23.1 Å². The first kappa shape index (κ1) is 21.3. The number of fused-ring (bicyclic) bond motifs is 1. The molecule has 160 valence electrons. The molecule has 0 aliphatic heterocycles. The molecule has 8 heteroatoms. The predicted octanol–water partition coefficient (Wildman–Crippen LogP) is 3.71. The number of carbonyl (C=O) groups is 1. The van der Waals surface area contributed by atoms with Crippen molar-refractivity contribution in [3.8, 4) is 23.0 Å². The number of ether oxygens (including phenoxy) is 3. The smallest absolute Gasteiger partial charge is 0.432 e. The standard InChI is InChI=1S/C22H25NO7/c1-27-19-9-5-13(11-18(19)24)17-12-14(23(30-4)22(25)26)6-7-16-15(17)8-10-20(28-2)21(16)29-3/h5,8-12,14,24H,6-7H2,1-4H3,(H,25,26). The van der Waals surface area contributed by atoms with Gasteiger partial charge in [-0.1, -0.05) is 18.2 Å². The Balaban J connectivity index is 2.23. The lowest BCUT2D eigenvalue weighted by Gasteiger charge is -2.24. The molecule has 1 atom stereocenters. The summed E-state index contributed by atoms with van der Waals surface area (Å²) in [6.07, 6.45) is 1.65. The van der Waals surface area contributed by atoms with Gasteiger partial charge in [0.25, 0.3) is 0 Å². The van der Waals surface area contributed by atoms with E-state index in [-0.39, 0.29) is 5.75 Å². The van der Waals surface area contributed by atoms with Crippen molar-refractivity contribution in [2.24, 2.45) is 0 Å². The highest BCUT2D eigenvalue weighted by Gasteiger charge is 2.29. The highest BCUT2D eigenvalue weighted by molar-refractivity contribution is 5.85. The van der Waals surface area contributed by atoms with Crippen molar-refractivity contribution < 1.29 is 34.1 Å². The molecule has 0 radical (unpaired) electrons. The number of aromatic hydroxyl groups is 1. The normalized spacial score (nSPS) is 15.5. The Kier molecular flexibility index (Phi) is 6.37. The van der Waals surface area contributed by atoms with Gasteiger partial charge in [-0.3, -0.25) is 4.84 Å². The summed E-state index contributed by atoms with van der Waals surface area (Å²) in [6.45, 7) is 0. The van der Waals surface area contributed by atoms with Gasteiger partial charge in [0.1, 0.15) is 0 Å². The van der Waals surface area contributed by atoms with E-state index in [9.17, 15) is 15.0 Å². The summed E-state index contributed by atoms with van der Waals surface area (Å²) in [5, 5.41) is 20.8. The molecule has 1 aliphatic carbocycles. The predicted molar refractivity (Wildman–Crippen MR) is 110 cm³/mol. The van der Waals surface area contributed by atoms with E-state index in [1.165, 1.54) is 14.2 Å². The molecule has 2 aromatic rings. The molecule has 2 aromatic carbocycles. The van der Waals surface area contributed by atoms with Crippen LogP contribution in [0.3, 0.4) is 0 Å². The summed E-state index contributed by atoms with van der Waals surface area (Å²) < 4.78 is 16.2. The van der Waals surface area contributed by atoms with E-state index in [2.05, 4.69) is 0 Å². The number of hydroxylamine groups is 2. The third-order valence-corrected chi connectivity index (χ3v) is 5.16. The lowest BCUT2D eigenvalue weighted by Crippen LogP contribution is -2.37. The number of amides is 1. The van der Waals surface area contributed by atoms with Crippen molar-refractivity contribution >= 4 is 11.7 Å². The second-order valence-electron chi connectivity index (χ2n) is 6.69. The molecule has 0 heterocycles. The Labute approximate surface area is 174 Å². The topological polar surface area (TPSA) is 97.7 Å². The Morgan fingerprint density at radius 1 is 1.03 bits per heavy atom. The number of rotatable bonds is 6. The molecule has 30 heavy (non-hydrogen) atoms. The monoisotopic (exact) mass is 415 g/mol. The fourth-order valence-electron chi connectivity index (χ4n) is 3.80. The van der Waals surface area contributed by atoms with E-state index >= 15 is 0 Å². The van der Waals surface area contributed by atoms with Gasteiger partial charge in [-0.15, -0.1) is 0 Å². The molecule has 0 bridgehead atoms. The number of phenolic OH excluding ortho intramolecular Hbond substituents is 1. The van der Waals surface area contributed by atoms with Crippen LogP contribution in [-0.4, -0.2) is 55.9 Å². The Hall–Kier alpha value is -3.39. The number of methoxy groups -OCH3 is 3. The summed E-state index contributed by atoms with van der Waals surface area (Å²) in [5.74, 6) is 1.52. The Bertz CT molecular complexity index is 970. The van der Waals surface area contributed by atoms with Crippen molar-refractivity contribution in [1.82, 2.24) is 5.06 Å². The van der Waals surface area contributed by atoms with Gasteiger partial charge in [0, 0.05) is 5.56 Å². The molecule has 0 aromatic heterocycles. The second-order valence-corrected chi connectivity index (χ2v) is 6.69. The summed E-state index contributed by atoms with van der Waals surface area (Å²) in [4.78, 5) is 16.8. The molecule has 1 unspecified atom stereocenters. The van der Waals surface area contributed by atoms with Crippen LogP contribution in [0.15, 0.2) is 36.4 Å². The van der Waals surface area contributed by atoms with Crippen molar-refractivity contribution in [2.75, 3.05) is 28.4 Å². The maximum Gasteiger partial charge on any atom is 0.432 e. The van der Waals surface area contributed by atoms with Crippen LogP contribution in [0.25, 0.3) is 5.57 Å². The molecule has 0 fully saturated rings. The van der Waals surface area contributed by atoms with E-state index in [4.69, 9.17) is 19.0 Å². The summed E-state index contributed by atoms with van der Waals surface area (Å²) in [7, 11) is 5.94. The average Bonchev–Trinajstić information content (AvgIpc) is 2.93. The highest BCUT2D eigenvalue weighted by Crippen LogP contribution is 2.42. The van der Waals surface area contributed by atoms with Gasteiger partial charge >= 0.3 is 6.09 Å². The van der Waals surface area contributed by atoms with Gasteiger partial charge in [-0.25, -0.2) is 4.79 Å². The highest BCUT2D eigenvalue weighted by atomic mass is 16.7. The first-order valence-electron chi connectivity index (χ1n) is 9.34. The molecule has 0 saturated heterocycles. The van der Waals surface area contributed by atoms with Crippen LogP contribution in [0.2, 0.25) is 0 Å². The van der Waals surface area contributed by atoms with E-state index in [0.717, 1.165) is 21.8 Å². The molecular formula is C22H25NO7. The molecular weight excluding hydrogens is 390 g/mol. The van der Waals surface area contributed by atoms with Crippen molar-refractivity contribution in [2.45, 2.75) is 18.9 Å². The van der Waals surface area contributed by atoms with Gasteiger partial charge in [-0.2, -0.15) is 5.06 Å². The Morgan fingerprint density at radius 3 is 2.30 bits per heavy atom. The zero-order valence-corrected chi connectivity index (χ0v) is 17.3. The van der Waals surface area contributed by atoms with Crippen LogP contribution in [0.4, 0.5) is 4.79 Å². The maximum absolute atomic E-state index is 11.7. The third-order valence-electron chi connectivity index (χ3n) is 5.16. The van der Waals surface area contributed by atoms with Crippen LogP contribution >= 0.6 is 0 Å². The van der Waals surface area contributed by atoms with Gasteiger partial charge in [-0.05, 0) is 47.7 Å². The van der Waals surface area contributed by atoms with Crippen LogP contribution in [-0.2, 0) is 11.3 Å². The van der Waals surface area contributed by atoms with Crippen molar-refractivity contribution in [1.29, 1.82) is 0 Å². The molecule has 3 rings (SSSR count). The second kappa shape index (κ2) is 8.96. The lowest BCUT2D eigenvalue weighted by atomic mass is 9.92. The van der Waals surface area contributed by atoms with Crippen LogP contribution < -0.4 is 14.2 Å². The summed E-state index contributed by atoms with van der Waals surface area (Å²) >= 11 is 0. The van der Waals surface area contributed by atoms with E-state index in [1.807, 2.05) is 18.2 Å². The van der Waals surface area contributed by atoms with Crippen LogP contribution in [0, 0.1) is 0 Å². The maximum atomic E-state index is 11.7. The molecule has 2 N–H and O–H groups in total. The lowest BCUT2D eigenvalue weighted by molar-refractivity contribution is -0.121. The third kappa shape index (κ3) is 3.86. The minimum absolute atomic E-state index is 0.0134. The average molecular weight is 415 g/mol. The number of hydrogen-bond donors (Lipinski definition) is 2. The van der Waals surface area contributed by atoms with Gasteiger partial charge in [0.05, 0.1) is 34.5 Å². The Morgan fingerprint density at radius 2 is 1.73 bits per heavy atom. The molecule has 1 amide bonds. The number of phenols is 1. The molecule has 0 spiro atoms. The zero-order valence-electron chi connectivity index (χ0n) is 17.3. The largest absolute Gasteiger partial charge is 0.504 e. The quantitative estimate of drug-likeness (QED) is 0.694. The number of benzene rings is 2. The fourth-order valence-corrected chi connectivity index (χ4v) is 3.80. The SMILES string of the molecule is COc1ccc(C2=CC(N(OC)C(=O)O)CCc3c2ccc(OC)c3OC)cc1O. The zero-order chi connectivity index (χ0) is 21.8. The van der Waals surface area contributed by atoms with E-state index in [1.54, 1.807) is 32.4 Å².